The Morgan fingerprint density at radius 2 is 1.85 bits per heavy atom. The number of anilines is 1. The van der Waals surface area contributed by atoms with Crippen molar-refractivity contribution in [3.05, 3.63) is 76.4 Å². The molecule has 3 aromatic rings. The van der Waals surface area contributed by atoms with Crippen molar-refractivity contribution < 1.29 is 23.5 Å². The Morgan fingerprint density at radius 3 is 2.47 bits per heavy atom. The Morgan fingerprint density at radius 1 is 1.09 bits per heavy atom. The maximum atomic E-state index is 13.7. The zero-order valence-corrected chi connectivity index (χ0v) is 19.9. The van der Waals surface area contributed by atoms with Crippen molar-refractivity contribution in [3.8, 4) is 0 Å². The lowest BCUT2D eigenvalue weighted by molar-refractivity contribution is -0.123. The summed E-state index contributed by atoms with van der Waals surface area (Å²) in [5.41, 5.74) is 0.849. The summed E-state index contributed by atoms with van der Waals surface area (Å²) in [4.78, 5) is 41.6. The molecular formula is C26H28N2O5S. The fourth-order valence-electron chi connectivity index (χ4n) is 4.22. The quantitative estimate of drug-likeness (QED) is 0.439. The Labute approximate surface area is 202 Å². The molecule has 0 aliphatic heterocycles. The number of nitrogens with one attached hydrogen (secondary N) is 1. The van der Waals surface area contributed by atoms with Gasteiger partial charge in [-0.15, -0.1) is 11.3 Å². The summed E-state index contributed by atoms with van der Waals surface area (Å²) in [7, 11) is 0. The maximum Gasteiger partial charge on any atom is 0.338 e. The number of rotatable bonds is 8. The molecule has 8 heteroatoms. The van der Waals surface area contributed by atoms with Crippen molar-refractivity contribution in [2.45, 2.75) is 51.1 Å². The fourth-order valence-corrected chi connectivity index (χ4v) is 5.04. The molecule has 0 saturated heterocycles. The van der Waals surface area contributed by atoms with Crippen LogP contribution < -0.4 is 10.2 Å². The minimum Gasteiger partial charge on any atom is -0.462 e. The van der Waals surface area contributed by atoms with E-state index in [9.17, 15) is 14.4 Å². The number of thiophene rings is 1. The molecule has 1 aromatic carbocycles. The second-order valence-electron chi connectivity index (χ2n) is 8.18. The molecule has 2 aromatic heterocycles. The minimum atomic E-state index is -0.882. The molecule has 2 amide bonds. The van der Waals surface area contributed by atoms with Gasteiger partial charge in [-0.3, -0.25) is 14.5 Å². The van der Waals surface area contributed by atoms with Gasteiger partial charge < -0.3 is 14.5 Å². The predicted molar refractivity (Wildman–Crippen MR) is 130 cm³/mol. The summed E-state index contributed by atoms with van der Waals surface area (Å²) in [5.74, 6) is -0.987. The van der Waals surface area contributed by atoms with Gasteiger partial charge in [-0.25, -0.2) is 4.79 Å². The van der Waals surface area contributed by atoms with Gasteiger partial charge in [0.15, 0.2) is 11.8 Å². The van der Waals surface area contributed by atoms with Crippen LogP contribution in [-0.4, -0.2) is 30.4 Å². The molecule has 1 aliphatic carbocycles. The monoisotopic (exact) mass is 480 g/mol. The van der Waals surface area contributed by atoms with Gasteiger partial charge in [0.05, 0.1) is 18.4 Å². The molecule has 1 N–H and O–H groups in total. The third-order valence-corrected chi connectivity index (χ3v) is 6.80. The molecule has 178 valence electrons. The summed E-state index contributed by atoms with van der Waals surface area (Å²) < 4.78 is 10.5. The van der Waals surface area contributed by atoms with E-state index in [1.165, 1.54) is 28.9 Å². The molecular weight excluding hydrogens is 452 g/mol. The van der Waals surface area contributed by atoms with E-state index in [1.807, 2.05) is 17.5 Å². The van der Waals surface area contributed by atoms with Crippen LogP contribution in [0.15, 0.2) is 64.6 Å². The van der Waals surface area contributed by atoms with Crippen LogP contribution in [0, 0.1) is 0 Å². The normalized spacial score (nSPS) is 14.9. The van der Waals surface area contributed by atoms with Crippen LogP contribution >= 0.6 is 11.3 Å². The van der Waals surface area contributed by atoms with Crippen molar-refractivity contribution in [3.63, 3.8) is 0 Å². The fraction of sp³-hybridized carbons (Fsp3) is 0.346. The smallest absolute Gasteiger partial charge is 0.338 e. The zero-order valence-electron chi connectivity index (χ0n) is 19.1. The third kappa shape index (κ3) is 5.39. The first kappa shape index (κ1) is 23.8. The van der Waals surface area contributed by atoms with Gasteiger partial charge in [0.25, 0.3) is 5.91 Å². The second-order valence-corrected chi connectivity index (χ2v) is 9.16. The summed E-state index contributed by atoms with van der Waals surface area (Å²) >= 11 is 1.41. The molecule has 4 rings (SSSR count). The van der Waals surface area contributed by atoms with Crippen LogP contribution in [0.1, 0.15) is 70.9 Å². The number of esters is 1. The van der Waals surface area contributed by atoms with Crippen molar-refractivity contribution in [1.29, 1.82) is 0 Å². The van der Waals surface area contributed by atoms with E-state index >= 15 is 0 Å². The van der Waals surface area contributed by atoms with Crippen molar-refractivity contribution in [1.82, 2.24) is 5.32 Å². The Bertz CT molecular complexity index is 1090. The van der Waals surface area contributed by atoms with Crippen LogP contribution in [0.2, 0.25) is 0 Å². The Kier molecular flexibility index (Phi) is 7.80. The van der Waals surface area contributed by atoms with Crippen LogP contribution in [0.5, 0.6) is 0 Å². The number of ether oxygens (including phenoxy) is 1. The number of carbonyl (C=O) groups excluding carboxylic acids is 3. The lowest BCUT2D eigenvalue weighted by Crippen LogP contribution is -2.47. The highest BCUT2D eigenvalue weighted by molar-refractivity contribution is 7.10. The minimum absolute atomic E-state index is 0.0930. The Balaban J connectivity index is 1.72. The molecule has 0 radical (unpaired) electrons. The van der Waals surface area contributed by atoms with E-state index in [4.69, 9.17) is 9.15 Å². The lowest BCUT2D eigenvalue weighted by atomic mass is 9.95. The van der Waals surface area contributed by atoms with Gasteiger partial charge >= 0.3 is 5.97 Å². The number of hydrogen-bond donors (Lipinski definition) is 1. The molecule has 1 unspecified atom stereocenters. The van der Waals surface area contributed by atoms with Crippen LogP contribution in [0.25, 0.3) is 0 Å². The van der Waals surface area contributed by atoms with Gasteiger partial charge in [0.2, 0.25) is 5.91 Å². The van der Waals surface area contributed by atoms with Crippen molar-refractivity contribution >= 4 is 34.8 Å². The number of benzene rings is 1. The lowest BCUT2D eigenvalue weighted by Gasteiger charge is -2.32. The van der Waals surface area contributed by atoms with E-state index in [0.29, 0.717) is 11.3 Å². The number of amides is 2. The van der Waals surface area contributed by atoms with E-state index in [2.05, 4.69) is 5.32 Å². The third-order valence-electron chi connectivity index (χ3n) is 5.88. The SMILES string of the molecule is CCOC(=O)c1ccc(N(C(=O)c2ccco2)C(C(=O)NC2CCCCC2)c2cccs2)cc1. The molecule has 1 fully saturated rings. The van der Waals surface area contributed by atoms with Crippen LogP contribution in [0.3, 0.4) is 0 Å². The average Bonchev–Trinajstić information content (AvgIpc) is 3.58. The number of hydrogen-bond acceptors (Lipinski definition) is 6. The average molecular weight is 481 g/mol. The highest BCUT2D eigenvalue weighted by Gasteiger charge is 2.36. The molecule has 7 nitrogen and oxygen atoms in total. The second kappa shape index (κ2) is 11.2. The first-order chi connectivity index (χ1) is 16.6. The first-order valence-electron chi connectivity index (χ1n) is 11.6. The zero-order chi connectivity index (χ0) is 23.9. The van der Waals surface area contributed by atoms with E-state index < -0.39 is 17.9 Å². The topological polar surface area (TPSA) is 88.8 Å². The largest absolute Gasteiger partial charge is 0.462 e. The van der Waals surface area contributed by atoms with Gasteiger partial charge in [0.1, 0.15) is 0 Å². The summed E-state index contributed by atoms with van der Waals surface area (Å²) in [6, 6.07) is 12.6. The van der Waals surface area contributed by atoms with E-state index in [1.54, 1.807) is 43.3 Å². The molecule has 34 heavy (non-hydrogen) atoms. The van der Waals surface area contributed by atoms with Gasteiger partial charge in [-0.2, -0.15) is 0 Å². The predicted octanol–water partition coefficient (Wildman–Crippen LogP) is 5.35. The molecule has 1 aliphatic rings. The van der Waals surface area contributed by atoms with E-state index in [-0.39, 0.29) is 24.3 Å². The van der Waals surface area contributed by atoms with Crippen molar-refractivity contribution in [2.75, 3.05) is 11.5 Å². The first-order valence-corrected chi connectivity index (χ1v) is 12.4. The number of nitrogens with zero attached hydrogens (tertiary/aromatic N) is 1. The standard InChI is InChI=1S/C26H28N2O5S/c1-2-32-26(31)18-12-14-20(15-13-18)28(25(30)21-10-6-16-33-21)23(22-11-7-17-34-22)24(29)27-19-8-4-3-5-9-19/h6-7,10-17,19,23H,2-5,8-9H2,1H3,(H,27,29). The molecule has 1 saturated carbocycles. The molecule has 2 heterocycles. The number of furan rings is 1. The van der Waals surface area contributed by atoms with Gasteiger partial charge in [-0.05, 0) is 67.6 Å². The van der Waals surface area contributed by atoms with Gasteiger partial charge in [-0.1, -0.05) is 25.3 Å². The molecule has 0 bridgehead atoms. The van der Waals surface area contributed by atoms with Crippen LogP contribution in [-0.2, 0) is 9.53 Å². The van der Waals surface area contributed by atoms with Crippen LogP contribution in [0.4, 0.5) is 5.69 Å². The van der Waals surface area contributed by atoms with E-state index in [0.717, 1.165) is 30.6 Å². The molecule has 1 atom stereocenters. The summed E-state index contributed by atoms with van der Waals surface area (Å²) in [6.45, 7) is 2.01. The summed E-state index contributed by atoms with van der Waals surface area (Å²) in [5, 5.41) is 5.06. The van der Waals surface area contributed by atoms with Crippen molar-refractivity contribution in [2.24, 2.45) is 0 Å². The summed E-state index contributed by atoms with van der Waals surface area (Å²) in [6.07, 6.45) is 6.64. The molecule has 0 spiro atoms. The highest BCUT2D eigenvalue weighted by Crippen LogP contribution is 2.33. The van der Waals surface area contributed by atoms with Gasteiger partial charge in [0, 0.05) is 16.6 Å². The highest BCUT2D eigenvalue weighted by atomic mass is 32.1. The Hall–Kier alpha value is -3.39. The maximum absolute atomic E-state index is 13.7. The number of carbonyl (C=O) groups is 3.